The molecule has 0 saturated heterocycles. The molecule has 1 atom stereocenters. The molecule has 2 aromatic rings. The second-order valence-electron chi connectivity index (χ2n) is 6.44. The Hall–Kier alpha value is -2.07. The number of aliphatic imine (C=N–C) groups is 1. The summed E-state index contributed by atoms with van der Waals surface area (Å²) in [6.45, 7) is 7.96. The number of hydrogen-bond acceptors (Lipinski definition) is 5. The summed E-state index contributed by atoms with van der Waals surface area (Å²) in [5, 5.41) is 16.8. The van der Waals surface area contributed by atoms with Gasteiger partial charge in [0, 0.05) is 12.7 Å². The van der Waals surface area contributed by atoms with E-state index in [1.165, 1.54) is 0 Å². The number of aliphatic hydroxyl groups is 1. The first-order valence-electron chi connectivity index (χ1n) is 9.58. The molecule has 0 aliphatic rings. The first-order valence-corrected chi connectivity index (χ1v) is 9.58. The van der Waals surface area contributed by atoms with Gasteiger partial charge >= 0.3 is 0 Å². The predicted octanol–water partition coefficient (Wildman–Crippen LogP) is 3.15. The van der Waals surface area contributed by atoms with Gasteiger partial charge in [0.25, 0.3) is 0 Å². The van der Waals surface area contributed by atoms with E-state index in [2.05, 4.69) is 20.6 Å². The second kappa shape index (κ2) is 14.0. The molecule has 0 bridgehead atoms. The standard InChI is InChI=1S/C21H30N4O3.HI/c1-4-23-21(24-11-12-27-19-9-6-10-22-14-19)25-15-20(26)17-7-5-8-18(13-17)28-16(2)3;/h5-10,13-14,16,20,26H,4,11-12,15H2,1-3H3,(H2,23,24,25);1H. The summed E-state index contributed by atoms with van der Waals surface area (Å²) >= 11 is 0. The van der Waals surface area contributed by atoms with Gasteiger partial charge in [-0.3, -0.25) is 9.98 Å². The van der Waals surface area contributed by atoms with E-state index >= 15 is 0 Å². The fraction of sp³-hybridized carbons (Fsp3) is 0.429. The fourth-order valence-electron chi connectivity index (χ4n) is 2.46. The Morgan fingerprint density at radius 3 is 2.66 bits per heavy atom. The molecule has 3 N–H and O–H groups in total. The maximum atomic E-state index is 10.5. The van der Waals surface area contributed by atoms with Crippen LogP contribution >= 0.6 is 24.0 Å². The second-order valence-corrected chi connectivity index (χ2v) is 6.44. The van der Waals surface area contributed by atoms with Crippen LogP contribution in [0.25, 0.3) is 0 Å². The van der Waals surface area contributed by atoms with Crippen LogP contribution in [0.15, 0.2) is 53.8 Å². The number of halogens is 1. The van der Waals surface area contributed by atoms with Gasteiger partial charge in [-0.1, -0.05) is 12.1 Å². The summed E-state index contributed by atoms with van der Waals surface area (Å²) in [7, 11) is 0. The third kappa shape index (κ3) is 9.80. The van der Waals surface area contributed by atoms with Gasteiger partial charge in [0.05, 0.1) is 31.5 Å². The quantitative estimate of drug-likeness (QED) is 0.196. The van der Waals surface area contributed by atoms with Gasteiger partial charge in [-0.15, -0.1) is 24.0 Å². The van der Waals surface area contributed by atoms with E-state index in [9.17, 15) is 5.11 Å². The highest BCUT2D eigenvalue weighted by atomic mass is 127. The molecule has 1 aromatic carbocycles. The molecule has 1 heterocycles. The van der Waals surface area contributed by atoms with Gasteiger partial charge in [-0.2, -0.15) is 0 Å². The van der Waals surface area contributed by atoms with Crippen LogP contribution in [0.1, 0.15) is 32.4 Å². The summed E-state index contributed by atoms with van der Waals surface area (Å²) in [5.41, 5.74) is 0.776. The van der Waals surface area contributed by atoms with Crippen LogP contribution in [0.2, 0.25) is 0 Å². The van der Waals surface area contributed by atoms with Crippen LogP contribution in [0.3, 0.4) is 0 Å². The average molecular weight is 514 g/mol. The average Bonchev–Trinajstić information content (AvgIpc) is 2.69. The van der Waals surface area contributed by atoms with E-state index in [1.807, 2.05) is 57.2 Å². The van der Waals surface area contributed by atoms with Crippen molar-refractivity contribution >= 4 is 29.9 Å². The highest BCUT2D eigenvalue weighted by molar-refractivity contribution is 14.0. The number of aromatic nitrogens is 1. The Kier molecular flexibility index (Phi) is 12.1. The monoisotopic (exact) mass is 514 g/mol. The fourth-order valence-corrected chi connectivity index (χ4v) is 2.46. The molecule has 7 nitrogen and oxygen atoms in total. The maximum Gasteiger partial charge on any atom is 0.191 e. The van der Waals surface area contributed by atoms with Crippen molar-refractivity contribution in [2.45, 2.75) is 33.0 Å². The highest BCUT2D eigenvalue weighted by Crippen LogP contribution is 2.20. The predicted molar refractivity (Wildman–Crippen MR) is 126 cm³/mol. The van der Waals surface area contributed by atoms with Crippen molar-refractivity contribution in [2.24, 2.45) is 4.99 Å². The van der Waals surface area contributed by atoms with Crippen molar-refractivity contribution in [3.8, 4) is 11.5 Å². The Morgan fingerprint density at radius 1 is 1.17 bits per heavy atom. The molecule has 0 aliphatic carbocycles. The molecule has 2 rings (SSSR count). The van der Waals surface area contributed by atoms with Crippen molar-refractivity contribution in [3.05, 3.63) is 54.4 Å². The minimum Gasteiger partial charge on any atom is -0.491 e. The van der Waals surface area contributed by atoms with Crippen molar-refractivity contribution < 1.29 is 14.6 Å². The van der Waals surface area contributed by atoms with Crippen LogP contribution in [0.5, 0.6) is 11.5 Å². The van der Waals surface area contributed by atoms with E-state index in [1.54, 1.807) is 12.4 Å². The van der Waals surface area contributed by atoms with Crippen molar-refractivity contribution in [2.75, 3.05) is 26.2 Å². The summed E-state index contributed by atoms with van der Waals surface area (Å²) < 4.78 is 11.3. The van der Waals surface area contributed by atoms with Crippen molar-refractivity contribution in [1.29, 1.82) is 0 Å². The highest BCUT2D eigenvalue weighted by Gasteiger charge is 2.09. The lowest BCUT2D eigenvalue weighted by Crippen LogP contribution is -2.39. The summed E-state index contributed by atoms with van der Waals surface area (Å²) in [4.78, 5) is 8.47. The van der Waals surface area contributed by atoms with Gasteiger partial charge < -0.3 is 25.2 Å². The van der Waals surface area contributed by atoms with Gasteiger partial charge in [0.15, 0.2) is 5.96 Å². The first-order chi connectivity index (χ1) is 13.6. The lowest BCUT2D eigenvalue weighted by Gasteiger charge is -2.15. The van der Waals surface area contributed by atoms with Crippen LogP contribution < -0.4 is 20.1 Å². The van der Waals surface area contributed by atoms with Crippen LogP contribution in [-0.4, -0.2) is 48.4 Å². The topological polar surface area (TPSA) is 88.0 Å². The SMILES string of the molecule is CCNC(=NCC(O)c1cccc(OC(C)C)c1)NCCOc1cccnc1.I. The Morgan fingerprint density at radius 2 is 1.97 bits per heavy atom. The van der Waals surface area contributed by atoms with Crippen molar-refractivity contribution in [1.82, 2.24) is 15.6 Å². The minimum absolute atomic E-state index is 0. The third-order valence-electron chi connectivity index (χ3n) is 3.68. The lowest BCUT2D eigenvalue weighted by molar-refractivity contribution is 0.185. The molecule has 1 aromatic heterocycles. The molecule has 0 spiro atoms. The van der Waals surface area contributed by atoms with Crippen LogP contribution in [0, 0.1) is 0 Å². The lowest BCUT2D eigenvalue weighted by atomic mass is 10.1. The number of hydrogen-bond donors (Lipinski definition) is 3. The summed E-state index contributed by atoms with van der Waals surface area (Å²) in [5.74, 6) is 2.10. The van der Waals surface area contributed by atoms with E-state index in [0.29, 0.717) is 19.1 Å². The molecule has 8 heteroatoms. The third-order valence-corrected chi connectivity index (χ3v) is 3.68. The summed E-state index contributed by atoms with van der Waals surface area (Å²) in [6.07, 6.45) is 2.76. The van der Waals surface area contributed by atoms with E-state index < -0.39 is 6.10 Å². The van der Waals surface area contributed by atoms with E-state index in [4.69, 9.17) is 9.47 Å². The largest absolute Gasteiger partial charge is 0.491 e. The smallest absolute Gasteiger partial charge is 0.191 e. The van der Waals surface area contributed by atoms with Crippen LogP contribution in [-0.2, 0) is 0 Å². The molecule has 0 saturated carbocycles. The zero-order valence-corrected chi connectivity index (χ0v) is 19.5. The number of nitrogens with zero attached hydrogens (tertiary/aromatic N) is 2. The molecule has 1 unspecified atom stereocenters. The number of guanidine groups is 1. The number of nitrogens with one attached hydrogen (secondary N) is 2. The number of aliphatic hydroxyl groups excluding tert-OH is 1. The number of pyridine rings is 1. The summed E-state index contributed by atoms with van der Waals surface area (Å²) in [6, 6.07) is 11.2. The molecular weight excluding hydrogens is 483 g/mol. The zero-order chi connectivity index (χ0) is 20.2. The van der Waals surface area contributed by atoms with Gasteiger partial charge in [0.1, 0.15) is 18.1 Å². The Bertz CT molecular complexity index is 729. The molecule has 160 valence electrons. The first kappa shape index (κ1) is 25.0. The normalized spacial score (nSPS) is 12.1. The number of benzene rings is 1. The minimum atomic E-state index is -0.710. The van der Waals surface area contributed by atoms with Gasteiger partial charge in [-0.25, -0.2) is 0 Å². The van der Waals surface area contributed by atoms with E-state index in [-0.39, 0.29) is 36.6 Å². The Labute approximate surface area is 190 Å². The number of ether oxygens (including phenoxy) is 2. The van der Waals surface area contributed by atoms with E-state index in [0.717, 1.165) is 23.6 Å². The molecule has 0 aliphatic heterocycles. The molecule has 29 heavy (non-hydrogen) atoms. The number of rotatable bonds is 10. The molecular formula is C21H31IN4O3. The Balaban J connectivity index is 0.00000420. The molecule has 0 radical (unpaired) electrons. The molecule has 0 fully saturated rings. The zero-order valence-electron chi connectivity index (χ0n) is 17.2. The van der Waals surface area contributed by atoms with Gasteiger partial charge in [-0.05, 0) is 50.6 Å². The molecule has 0 amide bonds. The van der Waals surface area contributed by atoms with Gasteiger partial charge in [0.2, 0.25) is 0 Å². The van der Waals surface area contributed by atoms with Crippen LogP contribution in [0.4, 0.5) is 0 Å². The maximum absolute atomic E-state index is 10.5. The van der Waals surface area contributed by atoms with Crippen molar-refractivity contribution in [3.63, 3.8) is 0 Å².